The third-order valence-corrected chi connectivity index (χ3v) is 3.87. The van der Waals surface area contributed by atoms with E-state index in [4.69, 9.17) is 9.47 Å². The van der Waals surface area contributed by atoms with Crippen molar-refractivity contribution in [1.82, 2.24) is 4.90 Å². The van der Waals surface area contributed by atoms with Gasteiger partial charge in [0.25, 0.3) is 0 Å². The van der Waals surface area contributed by atoms with E-state index in [-0.39, 0.29) is 18.0 Å². The second kappa shape index (κ2) is 6.02. The molecular weight excluding hydrogens is 258 g/mol. The first kappa shape index (κ1) is 16.8. The van der Waals surface area contributed by atoms with E-state index in [1.807, 2.05) is 34.6 Å². The Morgan fingerprint density at radius 3 is 2.30 bits per heavy atom. The van der Waals surface area contributed by atoms with Crippen molar-refractivity contribution in [2.24, 2.45) is 11.3 Å². The molecule has 1 aliphatic rings. The van der Waals surface area contributed by atoms with Crippen molar-refractivity contribution < 1.29 is 19.1 Å². The van der Waals surface area contributed by atoms with E-state index in [1.165, 1.54) is 7.11 Å². The molecular formula is C15H27NO4. The minimum Gasteiger partial charge on any atom is -0.469 e. The van der Waals surface area contributed by atoms with Crippen LogP contribution in [0.15, 0.2) is 0 Å². The summed E-state index contributed by atoms with van der Waals surface area (Å²) in [7, 11) is 1.40. The molecule has 1 atom stereocenters. The number of carbonyl (C=O) groups excluding carboxylic acids is 2. The maximum atomic E-state index is 12.2. The van der Waals surface area contributed by atoms with Crippen LogP contribution in [0.25, 0.3) is 0 Å². The van der Waals surface area contributed by atoms with E-state index in [0.717, 1.165) is 12.8 Å². The highest BCUT2D eigenvalue weighted by Crippen LogP contribution is 2.38. The minimum atomic E-state index is -0.621. The van der Waals surface area contributed by atoms with E-state index in [1.54, 1.807) is 4.90 Å². The van der Waals surface area contributed by atoms with E-state index >= 15 is 0 Å². The quantitative estimate of drug-likeness (QED) is 0.732. The second-order valence-electron chi connectivity index (χ2n) is 6.81. The summed E-state index contributed by atoms with van der Waals surface area (Å²) in [6.45, 7) is 10.5. The SMILES string of the molecule is COC(=O)[C@]1(C(C)C)CCCN(C(=O)OC(C)(C)C)C1. The van der Waals surface area contributed by atoms with E-state index < -0.39 is 11.0 Å². The molecule has 0 radical (unpaired) electrons. The molecule has 0 saturated carbocycles. The van der Waals surface area contributed by atoms with Gasteiger partial charge in [-0.05, 0) is 39.5 Å². The minimum absolute atomic E-state index is 0.111. The Morgan fingerprint density at radius 2 is 1.85 bits per heavy atom. The fourth-order valence-electron chi connectivity index (χ4n) is 2.64. The Kier molecular flexibility index (Phi) is 5.05. The van der Waals surface area contributed by atoms with Gasteiger partial charge in [0.1, 0.15) is 5.60 Å². The first-order valence-electron chi connectivity index (χ1n) is 7.19. The van der Waals surface area contributed by atoms with Crippen molar-refractivity contribution in [1.29, 1.82) is 0 Å². The van der Waals surface area contributed by atoms with Gasteiger partial charge in [0.15, 0.2) is 0 Å². The van der Waals surface area contributed by atoms with Crippen LogP contribution >= 0.6 is 0 Å². The summed E-state index contributed by atoms with van der Waals surface area (Å²) < 4.78 is 10.4. The average molecular weight is 285 g/mol. The Bertz CT molecular complexity index is 373. The molecule has 1 amide bonds. The fraction of sp³-hybridized carbons (Fsp3) is 0.867. The summed E-state index contributed by atoms with van der Waals surface area (Å²) in [5.41, 5.74) is -1.15. The van der Waals surface area contributed by atoms with Gasteiger partial charge in [-0.3, -0.25) is 4.79 Å². The van der Waals surface area contributed by atoms with Crippen LogP contribution in [-0.2, 0) is 14.3 Å². The number of methoxy groups -OCH3 is 1. The first-order valence-corrected chi connectivity index (χ1v) is 7.19. The van der Waals surface area contributed by atoms with Crippen molar-refractivity contribution in [3.05, 3.63) is 0 Å². The Labute approximate surface area is 121 Å². The molecule has 5 heteroatoms. The van der Waals surface area contributed by atoms with Crippen LogP contribution in [0.3, 0.4) is 0 Å². The van der Waals surface area contributed by atoms with Gasteiger partial charge in [-0.1, -0.05) is 13.8 Å². The van der Waals surface area contributed by atoms with Gasteiger partial charge in [-0.2, -0.15) is 0 Å². The molecule has 5 nitrogen and oxygen atoms in total. The van der Waals surface area contributed by atoms with Gasteiger partial charge in [-0.25, -0.2) is 4.79 Å². The van der Waals surface area contributed by atoms with Crippen LogP contribution in [-0.4, -0.2) is 42.8 Å². The predicted molar refractivity (Wildman–Crippen MR) is 76.3 cm³/mol. The van der Waals surface area contributed by atoms with Gasteiger partial charge in [0.2, 0.25) is 0 Å². The number of esters is 1. The lowest BCUT2D eigenvalue weighted by Gasteiger charge is -2.43. The van der Waals surface area contributed by atoms with Gasteiger partial charge in [0.05, 0.1) is 12.5 Å². The average Bonchev–Trinajstić information content (AvgIpc) is 2.35. The molecule has 0 aliphatic carbocycles. The molecule has 0 aromatic carbocycles. The molecule has 1 rings (SSSR count). The van der Waals surface area contributed by atoms with Crippen molar-refractivity contribution in [2.75, 3.05) is 20.2 Å². The van der Waals surface area contributed by atoms with Crippen molar-refractivity contribution in [3.63, 3.8) is 0 Å². The number of amides is 1. The third kappa shape index (κ3) is 3.64. The number of hydrogen-bond donors (Lipinski definition) is 0. The van der Waals surface area contributed by atoms with Gasteiger partial charge in [0, 0.05) is 13.1 Å². The highest BCUT2D eigenvalue weighted by Gasteiger charge is 2.47. The molecule has 0 bridgehead atoms. The summed E-state index contributed by atoms with van der Waals surface area (Å²) in [6.07, 6.45) is 1.18. The predicted octanol–water partition coefficient (Wildman–Crippen LogP) is 2.83. The third-order valence-electron chi connectivity index (χ3n) is 3.87. The number of ether oxygens (including phenoxy) is 2. The molecule has 0 aromatic heterocycles. The largest absolute Gasteiger partial charge is 0.469 e. The Hall–Kier alpha value is -1.26. The van der Waals surface area contributed by atoms with Crippen molar-refractivity contribution in [2.45, 2.75) is 53.1 Å². The van der Waals surface area contributed by atoms with E-state index in [9.17, 15) is 9.59 Å². The number of carbonyl (C=O) groups is 2. The zero-order valence-electron chi connectivity index (χ0n) is 13.5. The first-order chi connectivity index (χ1) is 9.12. The van der Waals surface area contributed by atoms with Crippen LogP contribution in [0.5, 0.6) is 0 Å². The highest BCUT2D eigenvalue weighted by atomic mass is 16.6. The molecule has 1 heterocycles. The van der Waals surface area contributed by atoms with Gasteiger partial charge >= 0.3 is 12.1 Å². The standard InChI is InChI=1S/C15H27NO4/c1-11(2)15(12(17)19-6)8-7-9-16(10-15)13(18)20-14(3,4)5/h11H,7-10H2,1-6H3/t15-/m1/s1. The number of hydrogen-bond acceptors (Lipinski definition) is 4. The zero-order chi connectivity index (χ0) is 15.6. The van der Waals surface area contributed by atoms with Crippen LogP contribution in [0.2, 0.25) is 0 Å². The van der Waals surface area contributed by atoms with Gasteiger partial charge < -0.3 is 14.4 Å². The lowest BCUT2D eigenvalue weighted by Crippen LogP contribution is -2.53. The number of nitrogens with zero attached hydrogens (tertiary/aromatic N) is 1. The normalized spacial score (nSPS) is 23.6. The van der Waals surface area contributed by atoms with Crippen molar-refractivity contribution in [3.8, 4) is 0 Å². The topological polar surface area (TPSA) is 55.8 Å². The summed E-state index contributed by atoms with van der Waals surface area (Å²) in [5, 5.41) is 0. The molecule has 1 saturated heterocycles. The summed E-state index contributed by atoms with van der Waals surface area (Å²) in [5.74, 6) is -0.124. The number of likely N-dealkylation sites (tertiary alicyclic amines) is 1. The summed E-state index contributed by atoms with van der Waals surface area (Å²) in [6, 6.07) is 0. The van der Waals surface area contributed by atoms with Gasteiger partial charge in [-0.15, -0.1) is 0 Å². The molecule has 0 aromatic rings. The molecule has 116 valence electrons. The van der Waals surface area contributed by atoms with Crippen LogP contribution < -0.4 is 0 Å². The summed E-state index contributed by atoms with van der Waals surface area (Å²) >= 11 is 0. The lowest BCUT2D eigenvalue weighted by atomic mass is 9.71. The lowest BCUT2D eigenvalue weighted by molar-refractivity contribution is -0.159. The molecule has 1 fully saturated rings. The molecule has 1 aliphatic heterocycles. The van der Waals surface area contributed by atoms with Crippen LogP contribution in [0, 0.1) is 11.3 Å². The monoisotopic (exact) mass is 285 g/mol. The van der Waals surface area contributed by atoms with Crippen LogP contribution in [0.4, 0.5) is 4.79 Å². The zero-order valence-corrected chi connectivity index (χ0v) is 13.5. The number of piperidine rings is 1. The Morgan fingerprint density at radius 1 is 1.25 bits per heavy atom. The smallest absolute Gasteiger partial charge is 0.410 e. The Balaban J connectivity index is 2.88. The van der Waals surface area contributed by atoms with Crippen molar-refractivity contribution >= 4 is 12.1 Å². The molecule has 0 N–H and O–H groups in total. The molecule has 20 heavy (non-hydrogen) atoms. The number of rotatable bonds is 2. The van der Waals surface area contributed by atoms with E-state index in [2.05, 4.69) is 0 Å². The maximum absolute atomic E-state index is 12.2. The highest BCUT2D eigenvalue weighted by molar-refractivity contribution is 5.79. The maximum Gasteiger partial charge on any atom is 0.410 e. The molecule has 0 spiro atoms. The fourth-order valence-corrected chi connectivity index (χ4v) is 2.64. The molecule has 0 unspecified atom stereocenters. The van der Waals surface area contributed by atoms with E-state index in [0.29, 0.717) is 13.1 Å². The van der Waals surface area contributed by atoms with Crippen LogP contribution in [0.1, 0.15) is 47.5 Å². The summed E-state index contributed by atoms with van der Waals surface area (Å²) in [4.78, 5) is 26.0. The second-order valence-corrected chi connectivity index (χ2v) is 6.81.